The van der Waals surface area contributed by atoms with Crippen LogP contribution in [0.25, 0.3) is 0 Å². The lowest BCUT2D eigenvalue weighted by Gasteiger charge is -2.13. The van der Waals surface area contributed by atoms with Gasteiger partial charge < -0.3 is 5.32 Å². The Bertz CT molecular complexity index is 339. The second-order valence-corrected chi connectivity index (χ2v) is 4.58. The van der Waals surface area contributed by atoms with Gasteiger partial charge in [-0.1, -0.05) is 0 Å². The van der Waals surface area contributed by atoms with Crippen molar-refractivity contribution in [2.75, 3.05) is 13.6 Å². The Balaban J connectivity index is 1.82. The van der Waals surface area contributed by atoms with Gasteiger partial charge in [0.1, 0.15) is 0 Å². The molecule has 1 aliphatic carbocycles. The van der Waals surface area contributed by atoms with Crippen molar-refractivity contribution in [3.05, 3.63) is 22.4 Å². The van der Waals surface area contributed by atoms with E-state index in [4.69, 9.17) is 0 Å². The fourth-order valence-electron chi connectivity index (χ4n) is 1.78. The molecule has 2 unspecified atom stereocenters. The third-order valence-electron chi connectivity index (χ3n) is 2.75. The molecule has 15 heavy (non-hydrogen) atoms. The summed E-state index contributed by atoms with van der Waals surface area (Å²) in [5, 5.41) is 16.7. The van der Waals surface area contributed by atoms with E-state index in [1.165, 1.54) is 12.6 Å². The van der Waals surface area contributed by atoms with Crippen LogP contribution in [0.2, 0.25) is 0 Å². The minimum absolute atomic E-state index is 0.405. The van der Waals surface area contributed by atoms with E-state index in [-0.39, 0.29) is 0 Å². The second kappa shape index (κ2) is 4.20. The molecular formula is C10H14N2O2S. The summed E-state index contributed by atoms with van der Waals surface area (Å²) in [5.41, 5.74) is 1.33. The highest BCUT2D eigenvalue weighted by Crippen LogP contribution is 2.48. The highest BCUT2D eigenvalue weighted by atomic mass is 32.1. The van der Waals surface area contributed by atoms with E-state index in [2.05, 4.69) is 22.1 Å². The number of hydrogen-bond acceptors (Lipinski definition) is 3. The average molecular weight is 226 g/mol. The molecule has 1 aromatic rings. The molecule has 4 nitrogen and oxygen atoms in total. The van der Waals surface area contributed by atoms with Crippen LogP contribution in [-0.2, 0) is 0 Å². The molecule has 82 valence electrons. The molecule has 0 bridgehead atoms. The van der Waals surface area contributed by atoms with Crippen LogP contribution in [0.1, 0.15) is 17.9 Å². The zero-order valence-electron chi connectivity index (χ0n) is 8.51. The highest BCUT2D eigenvalue weighted by Gasteiger charge is 2.40. The second-order valence-electron chi connectivity index (χ2n) is 3.80. The van der Waals surface area contributed by atoms with Gasteiger partial charge in [-0.3, -0.25) is 5.21 Å². The molecule has 5 heteroatoms. The zero-order valence-corrected chi connectivity index (χ0v) is 9.33. The maximum Gasteiger partial charge on any atom is 0.340 e. The Kier molecular flexibility index (Phi) is 2.93. The zero-order chi connectivity index (χ0) is 10.8. The fourth-order valence-corrected chi connectivity index (χ4v) is 2.50. The quantitative estimate of drug-likeness (QED) is 0.610. The smallest absolute Gasteiger partial charge is 0.339 e. The van der Waals surface area contributed by atoms with Crippen molar-refractivity contribution in [1.29, 1.82) is 0 Å². The van der Waals surface area contributed by atoms with Gasteiger partial charge >= 0.3 is 6.03 Å². The SMILES string of the molecule is CNC(=O)N(O)CC1CC1c1ccsc1. The third kappa shape index (κ3) is 2.30. The minimum Gasteiger partial charge on any atom is -0.339 e. The summed E-state index contributed by atoms with van der Waals surface area (Å²) >= 11 is 1.68. The molecule has 1 aromatic heterocycles. The fraction of sp³-hybridized carbons (Fsp3) is 0.500. The average Bonchev–Trinajstić information content (AvgIpc) is 2.81. The van der Waals surface area contributed by atoms with Crippen molar-refractivity contribution in [1.82, 2.24) is 10.4 Å². The minimum atomic E-state index is -0.439. The molecule has 2 atom stereocenters. The number of urea groups is 1. The van der Waals surface area contributed by atoms with E-state index in [1.807, 2.05) is 0 Å². The van der Waals surface area contributed by atoms with Crippen molar-refractivity contribution in [2.24, 2.45) is 5.92 Å². The molecule has 0 spiro atoms. The number of thiophene rings is 1. The van der Waals surface area contributed by atoms with Crippen molar-refractivity contribution >= 4 is 17.4 Å². The summed E-state index contributed by atoms with van der Waals surface area (Å²) in [4.78, 5) is 11.0. The first kappa shape index (κ1) is 10.4. The molecule has 1 heterocycles. The standard InChI is InChI=1S/C10H14N2O2S/c1-11-10(13)12(14)5-8-4-9(8)7-2-3-15-6-7/h2-3,6,8-9,14H,4-5H2,1H3,(H,11,13). The van der Waals surface area contributed by atoms with Gasteiger partial charge in [-0.25, -0.2) is 9.86 Å². The molecule has 1 aliphatic rings. The number of amides is 2. The summed E-state index contributed by atoms with van der Waals surface area (Å²) in [6.07, 6.45) is 1.06. The molecular weight excluding hydrogens is 212 g/mol. The van der Waals surface area contributed by atoms with Gasteiger partial charge in [0.15, 0.2) is 0 Å². The Morgan fingerprint density at radius 1 is 1.80 bits per heavy atom. The van der Waals surface area contributed by atoms with Gasteiger partial charge in [-0.15, -0.1) is 0 Å². The number of carbonyl (C=O) groups is 1. The number of nitrogens with zero attached hydrogens (tertiary/aromatic N) is 1. The number of carbonyl (C=O) groups excluding carboxylic acids is 1. The van der Waals surface area contributed by atoms with E-state index < -0.39 is 6.03 Å². The van der Waals surface area contributed by atoms with Crippen molar-refractivity contribution < 1.29 is 10.0 Å². The van der Waals surface area contributed by atoms with E-state index in [0.717, 1.165) is 11.5 Å². The molecule has 0 radical (unpaired) electrons. The lowest BCUT2D eigenvalue weighted by Crippen LogP contribution is -2.36. The monoisotopic (exact) mass is 226 g/mol. The first-order valence-electron chi connectivity index (χ1n) is 4.92. The molecule has 2 rings (SSSR count). The van der Waals surface area contributed by atoms with E-state index in [1.54, 1.807) is 11.3 Å². The highest BCUT2D eigenvalue weighted by molar-refractivity contribution is 7.08. The summed E-state index contributed by atoms with van der Waals surface area (Å²) in [6, 6.07) is 1.67. The predicted molar refractivity (Wildman–Crippen MR) is 58.1 cm³/mol. The number of nitrogens with one attached hydrogen (secondary N) is 1. The van der Waals surface area contributed by atoms with Crippen LogP contribution in [0.15, 0.2) is 16.8 Å². The molecule has 2 N–H and O–H groups in total. The van der Waals surface area contributed by atoms with Crippen LogP contribution in [0.3, 0.4) is 0 Å². The Labute approximate surface area is 92.5 Å². The molecule has 2 amide bonds. The number of rotatable bonds is 3. The maximum atomic E-state index is 11.0. The molecule has 0 aromatic carbocycles. The predicted octanol–water partition coefficient (Wildman–Crippen LogP) is 1.88. The summed E-state index contributed by atoms with van der Waals surface area (Å²) < 4.78 is 0. The van der Waals surface area contributed by atoms with Crippen LogP contribution in [-0.4, -0.2) is 29.9 Å². The van der Waals surface area contributed by atoms with Gasteiger partial charge in [0.2, 0.25) is 0 Å². The maximum absolute atomic E-state index is 11.0. The topological polar surface area (TPSA) is 52.6 Å². The summed E-state index contributed by atoms with van der Waals surface area (Å²) in [6.45, 7) is 0.417. The lowest BCUT2D eigenvalue weighted by atomic mass is 10.2. The summed E-state index contributed by atoms with van der Waals surface area (Å²) in [7, 11) is 1.51. The van der Waals surface area contributed by atoms with Crippen molar-refractivity contribution in [3.8, 4) is 0 Å². The van der Waals surface area contributed by atoms with Gasteiger partial charge in [0.05, 0.1) is 6.54 Å². The molecule has 1 saturated carbocycles. The van der Waals surface area contributed by atoms with Crippen LogP contribution in [0.5, 0.6) is 0 Å². The Hall–Kier alpha value is -1.07. The Morgan fingerprint density at radius 2 is 2.60 bits per heavy atom. The van der Waals surface area contributed by atoms with E-state index in [0.29, 0.717) is 18.4 Å². The van der Waals surface area contributed by atoms with Crippen LogP contribution < -0.4 is 5.32 Å². The first-order valence-corrected chi connectivity index (χ1v) is 5.87. The Morgan fingerprint density at radius 3 is 3.20 bits per heavy atom. The van der Waals surface area contributed by atoms with Gasteiger partial charge in [-0.05, 0) is 40.6 Å². The van der Waals surface area contributed by atoms with Crippen LogP contribution >= 0.6 is 11.3 Å². The number of hydrogen-bond donors (Lipinski definition) is 2. The van der Waals surface area contributed by atoms with E-state index >= 15 is 0 Å². The van der Waals surface area contributed by atoms with Gasteiger partial charge in [0, 0.05) is 7.05 Å². The summed E-state index contributed by atoms with van der Waals surface area (Å²) in [5.74, 6) is 0.928. The van der Waals surface area contributed by atoms with Gasteiger partial charge in [-0.2, -0.15) is 11.3 Å². The van der Waals surface area contributed by atoms with Crippen molar-refractivity contribution in [2.45, 2.75) is 12.3 Å². The largest absolute Gasteiger partial charge is 0.340 e. The third-order valence-corrected chi connectivity index (χ3v) is 3.45. The van der Waals surface area contributed by atoms with E-state index in [9.17, 15) is 10.0 Å². The molecule has 0 saturated heterocycles. The van der Waals surface area contributed by atoms with Crippen molar-refractivity contribution in [3.63, 3.8) is 0 Å². The van der Waals surface area contributed by atoms with Gasteiger partial charge in [0.25, 0.3) is 0 Å². The van der Waals surface area contributed by atoms with Crippen LogP contribution in [0, 0.1) is 5.92 Å². The normalized spacial score (nSPS) is 23.6. The lowest BCUT2D eigenvalue weighted by molar-refractivity contribution is -0.0462. The number of hydroxylamine groups is 2. The molecule has 0 aliphatic heterocycles. The van der Waals surface area contributed by atoms with Crippen LogP contribution in [0.4, 0.5) is 4.79 Å². The molecule has 1 fully saturated rings. The first-order chi connectivity index (χ1) is 7.22.